The zero-order valence-electron chi connectivity index (χ0n) is 15.4. The standard InChI is InChI=1S/C20H26N2O5/c23-17(24)7-3-1-2-6-13-15-8-9-16(27-15)18(13)19-21-14(12-26-19)20(25)22-10-4-5-11-22/h1-2,12-13,15-16,18H,3-11H2,(H,23,24)/b2-1-/t13-,15-,16+,18-/m0/s1. The van der Waals surface area contributed by atoms with Crippen molar-refractivity contribution in [3.63, 3.8) is 0 Å². The number of rotatable bonds is 7. The Balaban J connectivity index is 1.43. The van der Waals surface area contributed by atoms with E-state index in [1.54, 1.807) is 0 Å². The lowest BCUT2D eigenvalue weighted by atomic mass is 9.77. The molecule has 0 aliphatic carbocycles. The summed E-state index contributed by atoms with van der Waals surface area (Å²) in [6, 6.07) is 0. The fourth-order valence-corrected chi connectivity index (χ4v) is 4.62. The van der Waals surface area contributed by atoms with Crippen LogP contribution in [0.15, 0.2) is 22.8 Å². The normalized spacial score (nSPS) is 29.9. The van der Waals surface area contributed by atoms with E-state index in [1.807, 2.05) is 17.1 Å². The van der Waals surface area contributed by atoms with Crippen LogP contribution in [0, 0.1) is 5.92 Å². The van der Waals surface area contributed by atoms with Crippen LogP contribution in [0.4, 0.5) is 0 Å². The lowest BCUT2D eigenvalue weighted by Gasteiger charge is -2.24. The van der Waals surface area contributed by atoms with Gasteiger partial charge in [0.05, 0.1) is 18.1 Å². The van der Waals surface area contributed by atoms with Crippen LogP contribution in [-0.2, 0) is 9.53 Å². The third-order valence-electron chi connectivity index (χ3n) is 5.94. The van der Waals surface area contributed by atoms with Crippen molar-refractivity contribution in [1.29, 1.82) is 0 Å². The van der Waals surface area contributed by atoms with Crippen LogP contribution in [0.2, 0.25) is 0 Å². The molecule has 0 spiro atoms. The van der Waals surface area contributed by atoms with Crippen LogP contribution >= 0.6 is 0 Å². The first-order valence-corrected chi connectivity index (χ1v) is 9.90. The number of nitrogens with zero attached hydrogens (tertiary/aromatic N) is 2. The van der Waals surface area contributed by atoms with Gasteiger partial charge in [0.1, 0.15) is 6.26 Å². The summed E-state index contributed by atoms with van der Waals surface area (Å²) in [7, 11) is 0. The van der Waals surface area contributed by atoms with Gasteiger partial charge in [-0.2, -0.15) is 0 Å². The smallest absolute Gasteiger partial charge is 0.303 e. The SMILES string of the molecule is O=C(O)CC/C=C\C[C@@H]1[C@H](c2nc(C(=O)N3CCCC3)co2)[C@H]2CC[C@@H]1O2. The summed E-state index contributed by atoms with van der Waals surface area (Å²) in [6.45, 7) is 1.59. The summed E-state index contributed by atoms with van der Waals surface area (Å²) in [5, 5.41) is 8.72. The van der Waals surface area contributed by atoms with Crippen molar-refractivity contribution < 1.29 is 23.8 Å². The van der Waals surface area contributed by atoms with Crippen molar-refractivity contribution in [2.45, 2.75) is 63.1 Å². The highest BCUT2D eigenvalue weighted by Gasteiger charge is 2.51. The van der Waals surface area contributed by atoms with Gasteiger partial charge in [-0.15, -0.1) is 0 Å². The van der Waals surface area contributed by atoms with Crippen molar-refractivity contribution >= 4 is 11.9 Å². The second-order valence-electron chi connectivity index (χ2n) is 7.69. The maximum absolute atomic E-state index is 12.5. The summed E-state index contributed by atoms with van der Waals surface area (Å²) < 4.78 is 11.8. The lowest BCUT2D eigenvalue weighted by molar-refractivity contribution is -0.136. The Morgan fingerprint density at radius 3 is 2.78 bits per heavy atom. The maximum atomic E-state index is 12.5. The minimum Gasteiger partial charge on any atom is -0.481 e. The predicted molar refractivity (Wildman–Crippen MR) is 96.4 cm³/mol. The van der Waals surface area contributed by atoms with Gasteiger partial charge in [0.15, 0.2) is 5.69 Å². The Morgan fingerprint density at radius 2 is 2.00 bits per heavy atom. The highest BCUT2D eigenvalue weighted by Crippen LogP contribution is 2.50. The van der Waals surface area contributed by atoms with E-state index in [0.29, 0.717) is 18.0 Å². The van der Waals surface area contributed by atoms with Gasteiger partial charge in [-0.3, -0.25) is 9.59 Å². The quantitative estimate of drug-likeness (QED) is 0.738. The number of carbonyl (C=O) groups is 2. The van der Waals surface area contributed by atoms with E-state index in [2.05, 4.69) is 4.98 Å². The Morgan fingerprint density at radius 1 is 1.22 bits per heavy atom. The van der Waals surface area contributed by atoms with Crippen LogP contribution < -0.4 is 0 Å². The second kappa shape index (κ2) is 7.84. The van der Waals surface area contributed by atoms with E-state index in [1.165, 1.54) is 6.26 Å². The van der Waals surface area contributed by atoms with E-state index < -0.39 is 5.97 Å². The molecule has 0 radical (unpaired) electrons. The minimum absolute atomic E-state index is 0.0447. The number of carbonyl (C=O) groups excluding carboxylic acids is 1. The topological polar surface area (TPSA) is 92.9 Å². The average Bonchev–Trinajstić information content (AvgIpc) is 3.44. The van der Waals surface area contributed by atoms with Crippen LogP contribution in [0.3, 0.4) is 0 Å². The van der Waals surface area contributed by atoms with Gasteiger partial charge >= 0.3 is 5.97 Å². The van der Waals surface area contributed by atoms with E-state index in [4.69, 9.17) is 14.3 Å². The number of ether oxygens (including phenoxy) is 1. The number of likely N-dealkylation sites (tertiary alicyclic amines) is 1. The van der Waals surface area contributed by atoms with E-state index >= 15 is 0 Å². The highest BCUT2D eigenvalue weighted by molar-refractivity contribution is 5.92. The van der Waals surface area contributed by atoms with Crippen molar-refractivity contribution in [2.24, 2.45) is 5.92 Å². The van der Waals surface area contributed by atoms with Gasteiger partial charge in [0.2, 0.25) is 5.89 Å². The van der Waals surface area contributed by atoms with Gasteiger partial charge in [0.25, 0.3) is 5.91 Å². The van der Waals surface area contributed by atoms with E-state index in [0.717, 1.165) is 45.2 Å². The molecule has 1 N–H and O–H groups in total. The van der Waals surface area contributed by atoms with Gasteiger partial charge in [-0.25, -0.2) is 4.98 Å². The number of carboxylic acids is 1. The molecule has 7 heteroatoms. The Kier molecular flexibility index (Phi) is 5.29. The molecule has 0 saturated carbocycles. The molecule has 3 fully saturated rings. The Hall–Kier alpha value is -2.15. The average molecular weight is 374 g/mol. The molecule has 1 aromatic rings. The number of amides is 1. The molecule has 3 aliphatic heterocycles. The fourth-order valence-electron chi connectivity index (χ4n) is 4.62. The molecule has 146 valence electrons. The molecular formula is C20H26N2O5. The molecule has 27 heavy (non-hydrogen) atoms. The minimum atomic E-state index is -0.782. The third-order valence-corrected chi connectivity index (χ3v) is 5.94. The van der Waals surface area contributed by atoms with Crippen molar-refractivity contribution in [3.8, 4) is 0 Å². The monoisotopic (exact) mass is 374 g/mol. The lowest BCUT2D eigenvalue weighted by Crippen LogP contribution is -2.28. The fraction of sp³-hybridized carbons (Fsp3) is 0.650. The molecule has 2 bridgehead atoms. The zero-order chi connectivity index (χ0) is 18.8. The van der Waals surface area contributed by atoms with Crippen molar-refractivity contribution in [3.05, 3.63) is 30.0 Å². The summed E-state index contributed by atoms with van der Waals surface area (Å²) in [4.78, 5) is 29.5. The number of allylic oxidation sites excluding steroid dienone is 2. The molecule has 7 nitrogen and oxygen atoms in total. The van der Waals surface area contributed by atoms with Gasteiger partial charge in [-0.1, -0.05) is 12.2 Å². The molecule has 0 unspecified atom stereocenters. The molecule has 1 amide bonds. The molecule has 4 heterocycles. The third kappa shape index (κ3) is 3.78. The molecule has 3 aliphatic rings. The number of oxazole rings is 1. The number of fused-ring (bicyclic) bond motifs is 2. The van der Waals surface area contributed by atoms with Crippen molar-refractivity contribution in [1.82, 2.24) is 9.88 Å². The second-order valence-corrected chi connectivity index (χ2v) is 7.69. The first-order valence-electron chi connectivity index (χ1n) is 9.90. The molecular weight excluding hydrogens is 348 g/mol. The van der Waals surface area contributed by atoms with Crippen LogP contribution in [0.25, 0.3) is 0 Å². The Labute approximate surface area is 158 Å². The van der Waals surface area contributed by atoms with E-state index in [9.17, 15) is 9.59 Å². The Bertz CT molecular complexity index is 722. The molecule has 4 rings (SSSR count). The number of aliphatic carboxylic acids is 1. The highest BCUT2D eigenvalue weighted by atomic mass is 16.5. The molecule has 1 aromatic heterocycles. The van der Waals surface area contributed by atoms with Crippen LogP contribution in [0.1, 0.15) is 67.2 Å². The van der Waals surface area contributed by atoms with Crippen molar-refractivity contribution in [2.75, 3.05) is 13.1 Å². The summed E-state index contributed by atoms with van der Waals surface area (Å²) in [5.41, 5.74) is 0.394. The first kappa shape index (κ1) is 18.2. The van der Waals surface area contributed by atoms with Gasteiger partial charge < -0.3 is 19.2 Å². The first-order chi connectivity index (χ1) is 13.1. The number of hydrogen-bond acceptors (Lipinski definition) is 5. The van der Waals surface area contributed by atoms with Crippen LogP contribution in [-0.4, -0.2) is 52.2 Å². The summed E-state index contributed by atoms with van der Waals surface area (Å²) in [6.07, 6.45) is 11.4. The summed E-state index contributed by atoms with van der Waals surface area (Å²) >= 11 is 0. The summed E-state index contributed by atoms with van der Waals surface area (Å²) in [5.74, 6) is 0.104. The number of hydrogen-bond donors (Lipinski definition) is 1. The molecule has 4 atom stereocenters. The largest absolute Gasteiger partial charge is 0.481 e. The zero-order valence-corrected chi connectivity index (χ0v) is 15.4. The maximum Gasteiger partial charge on any atom is 0.303 e. The van der Waals surface area contributed by atoms with Gasteiger partial charge in [-0.05, 0) is 38.5 Å². The molecule has 3 saturated heterocycles. The van der Waals surface area contributed by atoms with Gasteiger partial charge in [0, 0.05) is 25.4 Å². The number of aromatic nitrogens is 1. The van der Waals surface area contributed by atoms with Crippen LogP contribution in [0.5, 0.6) is 0 Å². The number of carboxylic acid groups (broad SMARTS) is 1. The molecule has 0 aromatic carbocycles. The predicted octanol–water partition coefficient (Wildman–Crippen LogP) is 2.98. The van der Waals surface area contributed by atoms with E-state index in [-0.39, 0.29) is 36.4 Å².